The van der Waals surface area contributed by atoms with Gasteiger partial charge < -0.3 is 5.32 Å². The highest BCUT2D eigenvalue weighted by atomic mass is 14.9. The monoisotopic (exact) mass is 235 g/mol. The smallest absolute Gasteiger partial charge is 0.0227 e. The second-order valence-electron chi connectivity index (χ2n) is 5.36. The highest BCUT2D eigenvalue weighted by Crippen LogP contribution is 2.37. The van der Waals surface area contributed by atoms with E-state index in [0.717, 1.165) is 6.54 Å². The molecular formula is C17H17N. The third-order valence-corrected chi connectivity index (χ3v) is 4.40. The minimum Gasteiger partial charge on any atom is -0.388 e. The van der Waals surface area contributed by atoms with Crippen LogP contribution in [0.2, 0.25) is 0 Å². The first-order chi connectivity index (χ1) is 8.95. The van der Waals surface area contributed by atoms with E-state index in [1.807, 2.05) is 0 Å². The highest BCUT2D eigenvalue weighted by molar-refractivity contribution is 5.71. The predicted molar refractivity (Wildman–Crippen MR) is 75.0 cm³/mol. The van der Waals surface area contributed by atoms with E-state index in [2.05, 4.69) is 53.9 Å². The third-order valence-electron chi connectivity index (χ3n) is 4.40. The van der Waals surface area contributed by atoms with Gasteiger partial charge in [0.15, 0.2) is 0 Å². The van der Waals surface area contributed by atoms with Gasteiger partial charge in [0, 0.05) is 29.3 Å². The number of fused-ring (bicyclic) bond motifs is 4. The molecule has 1 fully saturated rings. The molecule has 1 heteroatoms. The molecule has 0 bridgehead atoms. The fourth-order valence-corrected chi connectivity index (χ4v) is 3.62. The molecule has 0 spiro atoms. The zero-order valence-corrected chi connectivity index (χ0v) is 10.4. The fourth-order valence-electron chi connectivity index (χ4n) is 3.62. The molecule has 0 amide bonds. The van der Waals surface area contributed by atoms with Gasteiger partial charge in [-0.25, -0.2) is 0 Å². The summed E-state index contributed by atoms with van der Waals surface area (Å²) >= 11 is 0. The van der Waals surface area contributed by atoms with Crippen molar-refractivity contribution in [3.8, 4) is 0 Å². The minimum absolute atomic E-state index is 0.577. The molecule has 3 aliphatic rings. The Morgan fingerprint density at radius 2 is 1.94 bits per heavy atom. The molecule has 2 atom stereocenters. The SMILES string of the molecule is C1=CC2=c3ccccc3=C3NCCCC3C2C=C1. The molecule has 1 N–H and O–H groups in total. The van der Waals surface area contributed by atoms with Crippen molar-refractivity contribution >= 4 is 11.3 Å². The van der Waals surface area contributed by atoms with Crippen molar-refractivity contribution in [1.82, 2.24) is 5.32 Å². The third kappa shape index (κ3) is 1.34. The molecular weight excluding hydrogens is 218 g/mol. The van der Waals surface area contributed by atoms with E-state index in [-0.39, 0.29) is 0 Å². The fraction of sp³-hybridized carbons (Fsp3) is 0.294. The van der Waals surface area contributed by atoms with Gasteiger partial charge in [-0.05, 0) is 23.6 Å². The van der Waals surface area contributed by atoms with Crippen molar-refractivity contribution in [2.24, 2.45) is 11.8 Å². The average molecular weight is 235 g/mol. The molecule has 4 rings (SSSR count). The Morgan fingerprint density at radius 1 is 1.06 bits per heavy atom. The van der Waals surface area contributed by atoms with Crippen molar-refractivity contribution in [2.45, 2.75) is 12.8 Å². The molecule has 90 valence electrons. The van der Waals surface area contributed by atoms with Crippen molar-refractivity contribution in [1.29, 1.82) is 0 Å². The average Bonchev–Trinajstić information content (AvgIpc) is 2.48. The number of hydrogen-bond donors (Lipinski definition) is 1. The number of allylic oxidation sites excluding steroid dienone is 4. The van der Waals surface area contributed by atoms with Crippen LogP contribution in [0.15, 0.2) is 48.6 Å². The van der Waals surface area contributed by atoms with Crippen LogP contribution in [0.4, 0.5) is 0 Å². The van der Waals surface area contributed by atoms with Gasteiger partial charge in [0.1, 0.15) is 0 Å². The minimum atomic E-state index is 0.577. The Hall–Kier alpha value is -1.76. The molecule has 1 aliphatic heterocycles. The Balaban J connectivity index is 2.11. The molecule has 1 nitrogen and oxygen atoms in total. The van der Waals surface area contributed by atoms with Crippen molar-refractivity contribution in [2.75, 3.05) is 6.54 Å². The molecule has 1 aromatic rings. The predicted octanol–water partition coefficient (Wildman–Crippen LogP) is 1.70. The van der Waals surface area contributed by atoms with Crippen LogP contribution in [-0.4, -0.2) is 6.54 Å². The van der Waals surface area contributed by atoms with E-state index in [0.29, 0.717) is 11.8 Å². The second-order valence-corrected chi connectivity index (χ2v) is 5.36. The van der Waals surface area contributed by atoms with Crippen LogP contribution in [0.3, 0.4) is 0 Å². The maximum Gasteiger partial charge on any atom is 0.0227 e. The first-order valence-corrected chi connectivity index (χ1v) is 6.87. The van der Waals surface area contributed by atoms with Gasteiger partial charge in [0.25, 0.3) is 0 Å². The van der Waals surface area contributed by atoms with Crippen LogP contribution < -0.4 is 15.8 Å². The summed E-state index contributed by atoms with van der Waals surface area (Å²) in [4.78, 5) is 0. The maximum atomic E-state index is 3.66. The zero-order valence-electron chi connectivity index (χ0n) is 10.4. The number of rotatable bonds is 0. The molecule has 0 saturated carbocycles. The second kappa shape index (κ2) is 3.88. The van der Waals surface area contributed by atoms with E-state index in [9.17, 15) is 0 Å². The van der Waals surface area contributed by atoms with Crippen LogP contribution in [0.25, 0.3) is 11.3 Å². The molecule has 2 unspecified atom stereocenters. The normalized spacial score (nSPS) is 28.2. The molecule has 2 aliphatic carbocycles. The van der Waals surface area contributed by atoms with Crippen molar-refractivity contribution < 1.29 is 0 Å². The molecule has 0 radical (unpaired) electrons. The largest absolute Gasteiger partial charge is 0.388 e. The van der Waals surface area contributed by atoms with E-state index in [1.165, 1.54) is 34.5 Å². The van der Waals surface area contributed by atoms with Gasteiger partial charge in [-0.15, -0.1) is 0 Å². The summed E-state index contributed by atoms with van der Waals surface area (Å²) in [6.45, 7) is 1.13. The quantitative estimate of drug-likeness (QED) is 0.722. The van der Waals surface area contributed by atoms with Crippen LogP contribution >= 0.6 is 0 Å². The van der Waals surface area contributed by atoms with Gasteiger partial charge in [-0.3, -0.25) is 0 Å². The van der Waals surface area contributed by atoms with E-state index in [4.69, 9.17) is 0 Å². The van der Waals surface area contributed by atoms with Crippen LogP contribution in [0.1, 0.15) is 12.8 Å². The lowest BCUT2D eigenvalue weighted by molar-refractivity contribution is 0.447. The van der Waals surface area contributed by atoms with Gasteiger partial charge >= 0.3 is 0 Å². The summed E-state index contributed by atoms with van der Waals surface area (Å²) in [5.74, 6) is 1.23. The van der Waals surface area contributed by atoms with E-state index < -0.39 is 0 Å². The zero-order chi connectivity index (χ0) is 11.9. The molecule has 1 saturated heterocycles. The summed E-state index contributed by atoms with van der Waals surface area (Å²) in [6, 6.07) is 8.84. The van der Waals surface area contributed by atoms with E-state index in [1.54, 1.807) is 0 Å². The number of piperidine rings is 1. The van der Waals surface area contributed by atoms with Crippen LogP contribution in [-0.2, 0) is 0 Å². The Bertz CT molecular complexity index is 663. The molecule has 0 aromatic heterocycles. The summed E-state index contributed by atoms with van der Waals surface area (Å²) < 4.78 is 0. The standard InChI is InChI=1S/C17H17N/c1-2-7-14-12(6-1)13-8-3-4-9-15(13)17-16(14)10-5-11-18-17/h1-4,6-9,14,16,18H,5,10-11H2. The lowest BCUT2D eigenvalue weighted by atomic mass is 9.73. The summed E-state index contributed by atoms with van der Waals surface area (Å²) in [5.41, 5.74) is 2.98. The van der Waals surface area contributed by atoms with Crippen molar-refractivity contribution in [3.63, 3.8) is 0 Å². The van der Waals surface area contributed by atoms with E-state index >= 15 is 0 Å². The molecule has 1 aromatic carbocycles. The topological polar surface area (TPSA) is 12.0 Å². The summed E-state index contributed by atoms with van der Waals surface area (Å²) in [5, 5.41) is 6.50. The van der Waals surface area contributed by atoms with Gasteiger partial charge in [0.2, 0.25) is 0 Å². The van der Waals surface area contributed by atoms with Crippen molar-refractivity contribution in [3.05, 3.63) is 59.0 Å². The number of hydrogen-bond acceptors (Lipinski definition) is 1. The first kappa shape index (κ1) is 10.2. The lowest BCUT2D eigenvalue weighted by Gasteiger charge is -2.36. The first-order valence-electron chi connectivity index (χ1n) is 6.87. The highest BCUT2D eigenvalue weighted by Gasteiger charge is 2.31. The summed E-state index contributed by atoms with van der Waals surface area (Å²) in [6.07, 6.45) is 11.6. The number of nitrogens with one attached hydrogen (secondary N) is 1. The maximum absolute atomic E-state index is 3.66. The van der Waals surface area contributed by atoms with Crippen LogP contribution in [0.5, 0.6) is 0 Å². The van der Waals surface area contributed by atoms with Gasteiger partial charge in [-0.2, -0.15) is 0 Å². The molecule has 18 heavy (non-hydrogen) atoms. The number of benzene rings is 1. The van der Waals surface area contributed by atoms with Gasteiger partial charge in [0.05, 0.1) is 0 Å². The lowest BCUT2D eigenvalue weighted by Crippen LogP contribution is -2.45. The van der Waals surface area contributed by atoms with Gasteiger partial charge in [-0.1, -0.05) is 48.6 Å². The molecule has 1 heterocycles. The summed E-state index contributed by atoms with van der Waals surface area (Å²) in [7, 11) is 0. The Morgan fingerprint density at radius 3 is 2.89 bits per heavy atom. The Kier molecular flexibility index (Phi) is 2.19. The van der Waals surface area contributed by atoms with Crippen LogP contribution in [0, 0.1) is 11.8 Å². The Labute approximate surface area is 107 Å².